The number of hydrogen-bond donors (Lipinski definition) is 1. The first-order valence-electron chi connectivity index (χ1n) is 9.30. The zero-order valence-corrected chi connectivity index (χ0v) is 15.0. The summed E-state index contributed by atoms with van der Waals surface area (Å²) in [7, 11) is 0. The van der Waals surface area contributed by atoms with E-state index in [4.69, 9.17) is 0 Å². The number of benzene rings is 1. The molecule has 1 N–H and O–H groups in total. The number of carbonyl (C=O) groups excluding carboxylic acids is 2. The third kappa shape index (κ3) is 5.08. The maximum Gasteiger partial charge on any atom is 0.227 e. The van der Waals surface area contributed by atoms with Crippen LogP contribution in [0.15, 0.2) is 30.3 Å². The average Bonchev–Trinajstić information content (AvgIpc) is 2.63. The zero-order valence-electron chi connectivity index (χ0n) is 15.0. The van der Waals surface area contributed by atoms with Gasteiger partial charge in [-0.25, -0.2) is 0 Å². The molecule has 0 spiro atoms. The highest BCUT2D eigenvalue weighted by Gasteiger charge is 2.29. The van der Waals surface area contributed by atoms with Crippen molar-refractivity contribution in [3.63, 3.8) is 0 Å². The molecule has 1 saturated heterocycles. The Labute approximate surface area is 145 Å². The van der Waals surface area contributed by atoms with E-state index in [0.717, 1.165) is 44.2 Å². The van der Waals surface area contributed by atoms with E-state index in [9.17, 15) is 9.59 Å². The standard InChI is InChI=1S/C20H30N2O2/c1-3-5-9-16(4-2)20(24)22-14-12-17(13-15-22)19(23)21-18-10-7-6-8-11-18/h6-8,10-11,16-17H,3-5,9,12-15H2,1-2H3,(H,21,23). The number of likely N-dealkylation sites (tertiary alicyclic amines) is 1. The topological polar surface area (TPSA) is 49.4 Å². The van der Waals surface area contributed by atoms with Gasteiger partial charge < -0.3 is 10.2 Å². The van der Waals surface area contributed by atoms with Crippen molar-refractivity contribution in [1.82, 2.24) is 4.90 Å². The Bertz CT molecular complexity index is 522. The molecule has 4 heteroatoms. The summed E-state index contributed by atoms with van der Waals surface area (Å²) >= 11 is 0. The summed E-state index contributed by atoms with van der Waals surface area (Å²) in [5.74, 6) is 0.517. The second kappa shape index (κ2) is 9.45. The van der Waals surface area contributed by atoms with Crippen LogP contribution in [-0.2, 0) is 9.59 Å². The van der Waals surface area contributed by atoms with Crippen molar-refractivity contribution >= 4 is 17.5 Å². The van der Waals surface area contributed by atoms with Gasteiger partial charge in [0.2, 0.25) is 11.8 Å². The minimum atomic E-state index is 0.00461. The summed E-state index contributed by atoms with van der Waals surface area (Å²) in [4.78, 5) is 27.0. The van der Waals surface area contributed by atoms with Gasteiger partial charge in [0.15, 0.2) is 0 Å². The van der Waals surface area contributed by atoms with Gasteiger partial charge in [-0.05, 0) is 37.8 Å². The molecule has 0 aromatic heterocycles. The van der Waals surface area contributed by atoms with Crippen molar-refractivity contribution in [1.29, 1.82) is 0 Å². The normalized spacial score (nSPS) is 16.7. The average molecular weight is 330 g/mol. The SMILES string of the molecule is CCCCC(CC)C(=O)N1CCC(C(=O)Nc2ccccc2)CC1. The fourth-order valence-corrected chi connectivity index (χ4v) is 3.34. The fraction of sp³-hybridized carbons (Fsp3) is 0.600. The lowest BCUT2D eigenvalue weighted by Crippen LogP contribution is -2.43. The van der Waals surface area contributed by atoms with Crippen LogP contribution >= 0.6 is 0 Å². The summed E-state index contributed by atoms with van der Waals surface area (Å²) in [6, 6.07) is 9.56. The highest BCUT2D eigenvalue weighted by atomic mass is 16.2. The van der Waals surface area contributed by atoms with Gasteiger partial charge in [0.25, 0.3) is 0 Å². The number of para-hydroxylation sites is 1. The van der Waals surface area contributed by atoms with E-state index in [1.165, 1.54) is 0 Å². The quantitative estimate of drug-likeness (QED) is 0.819. The molecule has 1 fully saturated rings. The maximum absolute atomic E-state index is 12.6. The fourth-order valence-electron chi connectivity index (χ4n) is 3.34. The predicted molar refractivity (Wildman–Crippen MR) is 97.7 cm³/mol. The van der Waals surface area contributed by atoms with E-state index < -0.39 is 0 Å². The highest BCUT2D eigenvalue weighted by molar-refractivity contribution is 5.92. The van der Waals surface area contributed by atoms with Crippen molar-refractivity contribution in [2.45, 2.75) is 52.4 Å². The van der Waals surface area contributed by atoms with E-state index in [-0.39, 0.29) is 23.7 Å². The molecule has 24 heavy (non-hydrogen) atoms. The molecule has 4 nitrogen and oxygen atoms in total. The lowest BCUT2D eigenvalue weighted by molar-refractivity contribution is -0.138. The monoisotopic (exact) mass is 330 g/mol. The number of anilines is 1. The van der Waals surface area contributed by atoms with Gasteiger partial charge in [0.05, 0.1) is 0 Å². The molecule has 1 aliphatic heterocycles. The molecule has 2 rings (SSSR count). The number of rotatable bonds is 7. The van der Waals surface area contributed by atoms with Crippen LogP contribution in [0.1, 0.15) is 52.4 Å². The van der Waals surface area contributed by atoms with Gasteiger partial charge in [0, 0.05) is 30.6 Å². The van der Waals surface area contributed by atoms with E-state index in [1.807, 2.05) is 35.2 Å². The molecule has 1 atom stereocenters. The third-order valence-corrected chi connectivity index (χ3v) is 4.97. The molecule has 0 bridgehead atoms. The van der Waals surface area contributed by atoms with Gasteiger partial charge >= 0.3 is 0 Å². The van der Waals surface area contributed by atoms with Gasteiger partial charge in [-0.3, -0.25) is 9.59 Å². The Morgan fingerprint density at radius 1 is 1.17 bits per heavy atom. The molecule has 1 aliphatic rings. The van der Waals surface area contributed by atoms with E-state index >= 15 is 0 Å². The van der Waals surface area contributed by atoms with Crippen molar-refractivity contribution in [2.24, 2.45) is 11.8 Å². The Hall–Kier alpha value is -1.84. The minimum Gasteiger partial charge on any atom is -0.342 e. The van der Waals surface area contributed by atoms with Crippen LogP contribution in [0.3, 0.4) is 0 Å². The van der Waals surface area contributed by atoms with Crippen molar-refractivity contribution in [2.75, 3.05) is 18.4 Å². The first-order chi connectivity index (χ1) is 11.7. The molecule has 0 aliphatic carbocycles. The summed E-state index contributed by atoms with van der Waals surface area (Å²) in [6.07, 6.45) is 5.66. The van der Waals surface area contributed by atoms with Crippen molar-refractivity contribution in [3.05, 3.63) is 30.3 Å². The number of unbranched alkanes of at least 4 members (excludes halogenated alkanes) is 1. The van der Waals surface area contributed by atoms with E-state index in [0.29, 0.717) is 13.1 Å². The largest absolute Gasteiger partial charge is 0.342 e. The number of carbonyl (C=O) groups is 2. The van der Waals surface area contributed by atoms with Crippen LogP contribution in [0.5, 0.6) is 0 Å². The first kappa shape index (κ1) is 18.5. The molecule has 1 heterocycles. The number of hydrogen-bond acceptors (Lipinski definition) is 2. The summed E-state index contributed by atoms with van der Waals surface area (Å²) < 4.78 is 0. The molecule has 0 radical (unpaired) electrons. The smallest absolute Gasteiger partial charge is 0.227 e. The number of nitrogens with zero attached hydrogens (tertiary/aromatic N) is 1. The van der Waals surface area contributed by atoms with Crippen LogP contribution < -0.4 is 5.32 Å². The second-order valence-corrected chi connectivity index (χ2v) is 6.70. The van der Waals surface area contributed by atoms with E-state index in [2.05, 4.69) is 19.2 Å². The molecular formula is C20H30N2O2. The minimum absolute atomic E-state index is 0.00461. The highest BCUT2D eigenvalue weighted by Crippen LogP contribution is 2.23. The number of piperidine rings is 1. The number of amides is 2. The Morgan fingerprint density at radius 2 is 1.83 bits per heavy atom. The summed E-state index contributed by atoms with van der Waals surface area (Å²) in [5.41, 5.74) is 0.839. The number of nitrogens with one attached hydrogen (secondary N) is 1. The van der Waals surface area contributed by atoms with Crippen LogP contribution in [0, 0.1) is 11.8 Å². The van der Waals surface area contributed by atoms with Crippen LogP contribution in [0.4, 0.5) is 5.69 Å². The summed E-state index contributed by atoms with van der Waals surface area (Å²) in [5, 5.41) is 2.98. The molecular weight excluding hydrogens is 300 g/mol. The molecule has 1 aromatic rings. The van der Waals surface area contributed by atoms with Gasteiger partial charge in [-0.15, -0.1) is 0 Å². The van der Waals surface area contributed by atoms with Crippen molar-refractivity contribution in [3.8, 4) is 0 Å². The van der Waals surface area contributed by atoms with Gasteiger partial charge in [-0.1, -0.05) is 44.9 Å². The zero-order chi connectivity index (χ0) is 17.4. The van der Waals surface area contributed by atoms with Crippen molar-refractivity contribution < 1.29 is 9.59 Å². The van der Waals surface area contributed by atoms with E-state index in [1.54, 1.807) is 0 Å². The lowest BCUT2D eigenvalue weighted by atomic mass is 9.92. The van der Waals surface area contributed by atoms with Gasteiger partial charge in [-0.2, -0.15) is 0 Å². The second-order valence-electron chi connectivity index (χ2n) is 6.70. The Balaban J connectivity index is 1.82. The van der Waals surface area contributed by atoms with Crippen LogP contribution in [0.2, 0.25) is 0 Å². The lowest BCUT2D eigenvalue weighted by Gasteiger charge is -2.33. The maximum atomic E-state index is 12.6. The third-order valence-electron chi connectivity index (χ3n) is 4.97. The Morgan fingerprint density at radius 3 is 2.42 bits per heavy atom. The Kier molecular flexibility index (Phi) is 7.29. The van der Waals surface area contributed by atoms with Gasteiger partial charge in [0.1, 0.15) is 0 Å². The van der Waals surface area contributed by atoms with Crippen LogP contribution in [-0.4, -0.2) is 29.8 Å². The first-order valence-corrected chi connectivity index (χ1v) is 9.30. The predicted octanol–water partition coefficient (Wildman–Crippen LogP) is 4.08. The van der Waals surface area contributed by atoms with Crippen LogP contribution in [0.25, 0.3) is 0 Å². The molecule has 0 saturated carbocycles. The molecule has 1 unspecified atom stereocenters. The molecule has 2 amide bonds. The molecule has 132 valence electrons. The molecule has 1 aromatic carbocycles. The summed E-state index contributed by atoms with van der Waals surface area (Å²) in [6.45, 7) is 5.66.